The number of allylic oxidation sites excluding steroid dienone is 4. The second kappa shape index (κ2) is 14.6. The molecule has 0 amide bonds. The van der Waals surface area contributed by atoms with Crippen LogP contribution in [-0.4, -0.2) is 9.98 Å². The summed E-state index contributed by atoms with van der Waals surface area (Å²) in [6.45, 7) is 8.67. The van der Waals surface area contributed by atoms with Crippen LogP contribution in [0.3, 0.4) is 0 Å². The summed E-state index contributed by atoms with van der Waals surface area (Å²) < 4.78 is 0. The minimum Gasteiger partial charge on any atom is -1.00 e. The molecule has 0 N–H and O–H groups in total. The Balaban J connectivity index is 0.000000486. The average Bonchev–Trinajstić information content (AvgIpc) is 3.20. The van der Waals surface area contributed by atoms with Crippen LogP contribution in [0.5, 0.6) is 0 Å². The van der Waals surface area contributed by atoms with Crippen LogP contribution in [0.15, 0.2) is 83.4 Å². The Labute approximate surface area is 211 Å². The molecule has 3 aromatic carbocycles. The first kappa shape index (κ1) is 29.5. The van der Waals surface area contributed by atoms with Crippen LogP contribution in [-0.2, 0) is 21.6 Å². The van der Waals surface area contributed by atoms with Crippen LogP contribution in [0.2, 0.25) is 11.5 Å². The fraction of sp³-hybridized carbons (Fsp3) is 0.269. The largest absolute Gasteiger partial charge is 1.00 e. The van der Waals surface area contributed by atoms with E-state index < -0.39 is 0 Å². The van der Waals surface area contributed by atoms with Crippen LogP contribution >= 0.6 is 0 Å². The van der Waals surface area contributed by atoms with Gasteiger partial charge in [-0.25, -0.2) is 5.57 Å². The number of hydrogen-bond donors (Lipinski definition) is 0. The van der Waals surface area contributed by atoms with Crippen molar-refractivity contribution in [2.24, 2.45) is 5.92 Å². The first-order valence-electron chi connectivity index (χ1n) is 9.80. The van der Waals surface area contributed by atoms with Gasteiger partial charge in [-0.2, -0.15) is 11.1 Å². The van der Waals surface area contributed by atoms with Gasteiger partial charge >= 0.3 is 43.1 Å². The normalized spacial score (nSPS) is 14.4. The molecule has 0 saturated heterocycles. The van der Waals surface area contributed by atoms with Gasteiger partial charge in [-0.1, -0.05) is 68.7 Å². The van der Waals surface area contributed by atoms with Gasteiger partial charge < -0.3 is 24.8 Å². The molecule has 1 unspecified atom stereocenters. The molecule has 4 heteroatoms. The Morgan fingerprint density at radius 3 is 1.90 bits per heavy atom. The maximum absolute atomic E-state index is 3.36. The van der Waals surface area contributed by atoms with Crippen molar-refractivity contribution in [1.29, 1.82) is 0 Å². The summed E-state index contributed by atoms with van der Waals surface area (Å²) in [6, 6.07) is 23.4. The molecule has 1 aliphatic rings. The van der Waals surface area contributed by atoms with E-state index in [0.717, 1.165) is 0 Å². The van der Waals surface area contributed by atoms with Crippen molar-refractivity contribution >= 4 is 20.7 Å². The summed E-state index contributed by atoms with van der Waals surface area (Å²) >= 11 is 1.80. The second-order valence-corrected chi connectivity index (χ2v) is 24.5. The van der Waals surface area contributed by atoms with E-state index in [1.165, 1.54) is 38.6 Å². The van der Waals surface area contributed by atoms with Crippen LogP contribution in [0.25, 0.3) is 21.9 Å². The van der Waals surface area contributed by atoms with Crippen molar-refractivity contribution in [2.75, 3.05) is 0 Å². The van der Waals surface area contributed by atoms with E-state index >= 15 is 0 Å². The van der Waals surface area contributed by atoms with Crippen molar-refractivity contribution in [1.82, 2.24) is 0 Å². The van der Waals surface area contributed by atoms with Crippen molar-refractivity contribution in [3.8, 4) is 11.1 Å². The average molecular weight is 577 g/mol. The molecule has 0 radical (unpaired) electrons. The Kier molecular flexibility index (Phi) is 14.3. The third-order valence-electron chi connectivity index (χ3n) is 5.00. The van der Waals surface area contributed by atoms with E-state index in [-0.39, 0.29) is 34.8 Å². The number of fused-ring (bicyclic) bond motifs is 1. The fourth-order valence-corrected chi connectivity index (χ4v) is 3.18. The van der Waals surface area contributed by atoms with Gasteiger partial charge in [-0.05, 0) is 0 Å². The van der Waals surface area contributed by atoms with Gasteiger partial charge in [0.2, 0.25) is 0 Å². The van der Waals surface area contributed by atoms with Gasteiger partial charge in [0.1, 0.15) is 0 Å². The monoisotopic (exact) mass is 576 g/mol. The summed E-state index contributed by atoms with van der Waals surface area (Å²) in [7, 11) is -0.243. The predicted octanol–water partition coefficient (Wildman–Crippen LogP) is 1.74. The molecule has 0 spiro atoms. The predicted molar refractivity (Wildman–Crippen MR) is 122 cm³/mol. The molecule has 0 saturated carbocycles. The molecule has 0 aromatic heterocycles. The van der Waals surface area contributed by atoms with E-state index in [1.807, 2.05) is 0 Å². The van der Waals surface area contributed by atoms with Crippen molar-refractivity contribution in [3.05, 3.63) is 89.5 Å². The molecule has 1 atom stereocenters. The van der Waals surface area contributed by atoms with Gasteiger partial charge in [0.25, 0.3) is 0 Å². The molecule has 4 rings (SSSR count). The zero-order valence-corrected chi connectivity index (χ0v) is 24.8. The maximum atomic E-state index is 3.36. The number of halogens is 2. The minimum absolute atomic E-state index is 0. The Morgan fingerprint density at radius 2 is 1.43 bits per heavy atom. The smallest absolute Gasteiger partial charge is 0.0623 e. The van der Waals surface area contributed by atoms with E-state index in [0.29, 0.717) is 5.92 Å². The van der Waals surface area contributed by atoms with Crippen molar-refractivity contribution in [3.63, 3.8) is 0 Å². The fourth-order valence-electron chi connectivity index (χ4n) is 3.18. The van der Waals surface area contributed by atoms with E-state index in [1.54, 1.807) is 21.6 Å². The van der Waals surface area contributed by atoms with Gasteiger partial charge in [-0.15, -0.1) is 53.6 Å². The van der Waals surface area contributed by atoms with Crippen LogP contribution < -0.4 is 24.8 Å². The molecule has 158 valence electrons. The van der Waals surface area contributed by atoms with Gasteiger partial charge in [0.05, 0.1) is 0 Å². The van der Waals surface area contributed by atoms with Gasteiger partial charge in [-0.3, -0.25) is 6.08 Å². The summed E-state index contributed by atoms with van der Waals surface area (Å²) in [4.78, 5) is 0. The van der Waals surface area contributed by atoms with Crippen LogP contribution in [0.1, 0.15) is 27.7 Å². The van der Waals surface area contributed by atoms with E-state index in [9.17, 15) is 0 Å². The Bertz CT molecular complexity index is 996. The van der Waals surface area contributed by atoms with E-state index in [2.05, 4.69) is 112 Å². The molecule has 0 bridgehead atoms. The molecular formula is C26H30Cl2GeZr-2. The first-order valence-corrected chi connectivity index (χ1v) is 21.4. The summed E-state index contributed by atoms with van der Waals surface area (Å²) in [5, 5.41) is 2.65. The molecule has 0 aliphatic heterocycles. The number of rotatable bonds is 1. The Morgan fingerprint density at radius 1 is 0.900 bits per heavy atom. The van der Waals surface area contributed by atoms with Crippen molar-refractivity contribution < 1.29 is 46.4 Å². The first-order chi connectivity index (χ1) is 13.3. The quantitative estimate of drug-likeness (QED) is 0.306. The Hall–Kier alpha value is -0.464. The molecule has 1 aliphatic carbocycles. The third-order valence-corrected chi connectivity index (χ3v) is 5.00. The standard InChI is InChI=1S/C15H11.C9H13.C2H6Ge.2ClH.Zr/c1-2-6-12(7-3-1)15-11-10-13-8-4-5-9-14(13)15;1-6-5-7(2)9(4)8(6)3;1-3-2;;;/h1-11H;6H,1-4H3;1-2H3;2*1H;/q2*-1;;;;+2/p-2. The summed E-state index contributed by atoms with van der Waals surface area (Å²) in [6.07, 6.45) is 3.36. The van der Waals surface area contributed by atoms with Crippen LogP contribution in [0.4, 0.5) is 0 Å². The molecule has 30 heavy (non-hydrogen) atoms. The molecule has 0 heterocycles. The van der Waals surface area contributed by atoms with E-state index in [4.69, 9.17) is 0 Å². The molecule has 0 fully saturated rings. The molecule has 0 nitrogen and oxygen atoms in total. The van der Waals surface area contributed by atoms with Gasteiger partial charge in [0, 0.05) is 0 Å². The van der Waals surface area contributed by atoms with Crippen molar-refractivity contribution in [2.45, 2.75) is 39.2 Å². The summed E-state index contributed by atoms with van der Waals surface area (Å²) in [5.41, 5.74) is 6.86. The second-order valence-electron chi connectivity index (χ2n) is 7.50. The molecular weight excluding hydrogens is 547 g/mol. The SMILES string of the molecule is CC1=[C-]C(C)C(C)=C1C.[CH3][Ge]([CH3])=[Zr+2].[Cl-].[Cl-].c1ccc(-c2c[cH-]c3ccccc23)cc1. The number of benzene rings is 2. The maximum Gasteiger partial charge on any atom is -0.0623 e. The minimum atomic E-state index is -0.243. The molecule has 3 aromatic rings. The zero-order valence-electron chi connectivity index (χ0n) is 18.7. The third kappa shape index (κ3) is 8.58. The van der Waals surface area contributed by atoms with Crippen LogP contribution in [0, 0.1) is 12.0 Å². The number of hydrogen-bond acceptors (Lipinski definition) is 0. The summed E-state index contributed by atoms with van der Waals surface area (Å²) in [5.74, 6) is 5.31. The van der Waals surface area contributed by atoms with Gasteiger partial charge in [0.15, 0.2) is 0 Å². The topological polar surface area (TPSA) is 0 Å². The zero-order chi connectivity index (χ0) is 20.7.